The van der Waals surface area contributed by atoms with Crippen LogP contribution in [-0.2, 0) is 9.53 Å². The van der Waals surface area contributed by atoms with E-state index in [1.54, 1.807) is 0 Å². The van der Waals surface area contributed by atoms with Gasteiger partial charge >= 0.3 is 5.97 Å². The van der Waals surface area contributed by atoms with E-state index in [1.165, 1.54) is 25.5 Å². The third-order valence-electron chi connectivity index (χ3n) is 2.46. The maximum absolute atomic E-state index is 10.9. The molecule has 0 radical (unpaired) electrons. The SMILES string of the molecule is C=CCCCCC[C@H]1C=COC(=O)C1. The second-order valence-electron chi connectivity index (χ2n) is 3.71. The van der Waals surface area contributed by atoms with E-state index in [0.29, 0.717) is 12.3 Å². The van der Waals surface area contributed by atoms with E-state index in [9.17, 15) is 4.79 Å². The highest BCUT2D eigenvalue weighted by molar-refractivity contribution is 5.71. The van der Waals surface area contributed by atoms with Crippen LogP contribution in [0.15, 0.2) is 25.0 Å². The van der Waals surface area contributed by atoms with E-state index >= 15 is 0 Å². The number of cyclic esters (lactones) is 1. The smallest absolute Gasteiger partial charge is 0.311 e. The molecule has 0 aliphatic carbocycles. The number of esters is 1. The van der Waals surface area contributed by atoms with E-state index in [2.05, 4.69) is 6.58 Å². The van der Waals surface area contributed by atoms with Crippen molar-refractivity contribution in [3.05, 3.63) is 25.0 Å². The molecule has 2 heteroatoms. The standard InChI is InChI=1S/C12H18O2/c1-2-3-4-5-6-7-11-8-9-14-12(13)10-11/h2,8-9,11H,1,3-7,10H2/t11-/m0/s1. The van der Waals surface area contributed by atoms with Crippen molar-refractivity contribution < 1.29 is 9.53 Å². The zero-order valence-corrected chi connectivity index (χ0v) is 8.58. The number of hydrogen-bond acceptors (Lipinski definition) is 2. The van der Waals surface area contributed by atoms with E-state index < -0.39 is 0 Å². The molecule has 0 N–H and O–H groups in total. The highest BCUT2D eigenvalue weighted by atomic mass is 16.5. The summed E-state index contributed by atoms with van der Waals surface area (Å²) in [6.07, 6.45) is 11.9. The molecule has 0 saturated carbocycles. The molecule has 0 spiro atoms. The van der Waals surface area contributed by atoms with Gasteiger partial charge in [-0.15, -0.1) is 6.58 Å². The molecule has 1 aliphatic rings. The van der Waals surface area contributed by atoms with E-state index in [0.717, 1.165) is 12.8 Å². The van der Waals surface area contributed by atoms with Gasteiger partial charge in [-0.3, -0.25) is 4.79 Å². The van der Waals surface area contributed by atoms with Crippen LogP contribution < -0.4 is 0 Å². The van der Waals surface area contributed by atoms with Crippen LogP contribution in [0.1, 0.15) is 38.5 Å². The largest absolute Gasteiger partial charge is 0.435 e. The van der Waals surface area contributed by atoms with Crippen LogP contribution in [0.3, 0.4) is 0 Å². The van der Waals surface area contributed by atoms with Crippen LogP contribution in [0.25, 0.3) is 0 Å². The fourth-order valence-corrected chi connectivity index (χ4v) is 1.63. The van der Waals surface area contributed by atoms with Gasteiger partial charge in [-0.1, -0.05) is 18.9 Å². The third kappa shape index (κ3) is 4.26. The first-order chi connectivity index (χ1) is 6.83. The van der Waals surface area contributed by atoms with Gasteiger partial charge in [0.2, 0.25) is 0 Å². The second kappa shape index (κ2) is 6.41. The predicted octanol–water partition coefficient (Wildman–Crippen LogP) is 3.20. The highest BCUT2D eigenvalue weighted by Crippen LogP contribution is 2.19. The number of rotatable bonds is 6. The van der Waals surface area contributed by atoms with Crippen LogP contribution in [0, 0.1) is 5.92 Å². The van der Waals surface area contributed by atoms with Gasteiger partial charge in [-0.2, -0.15) is 0 Å². The summed E-state index contributed by atoms with van der Waals surface area (Å²) >= 11 is 0. The zero-order valence-electron chi connectivity index (χ0n) is 8.58. The lowest BCUT2D eigenvalue weighted by atomic mass is 9.96. The van der Waals surface area contributed by atoms with Crippen molar-refractivity contribution in [2.75, 3.05) is 0 Å². The Kier molecular flexibility index (Phi) is 5.05. The monoisotopic (exact) mass is 194 g/mol. The molecule has 0 aromatic rings. The van der Waals surface area contributed by atoms with Crippen LogP contribution >= 0.6 is 0 Å². The Hall–Kier alpha value is -1.05. The Morgan fingerprint density at radius 2 is 2.36 bits per heavy atom. The van der Waals surface area contributed by atoms with E-state index in [-0.39, 0.29) is 5.97 Å². The molecular formula is C12H18O2. The van der Waals surface area contributed by atoms with Crippen molar-refractivity contribution in [1.29, 1.82) is 0 Å². The number of carbonyl (C=O) groups is 1. The summed E-state index contributed by atoms with van der Waals surface area (Å²) in [7, 11) is 0. The first-order valence-corrected chi connectivity index (χ1v) is 5.30. The van der Waals surface area contributed by atoms with Crippen molar-refractivity contribution in [3.8, 4) is 0 Å². The number of hydrogen-bond donors (Lipinski definition) is 0. The predicted molar refractivity (Wildman–Crippen MR) is 56.6 cm³/mol. The molecule has 1 aliphatic heterocycles. The molecule has 0 amide bonds. The minimum atomic E-state index is -0.0939. The molecule has 0 bridgehead atoms. The summed E-state index contributed by atoms with van der Waals surface area (Å²) in [6, 6.07) is 0. The molecule has 0 fully saturated rings. The van der Waals surface area contributed by atoms with Gasteiger partial charge in [0.15, 0.2) is 0 Å². The van der Waals surface area contributed by atoms with Gasteiger partial charge < -0.3 is 4.74 Å². The zero-order chi connectivity index (χ0) is 10.2. The molecule has 2 nitrogen and oxygen atoms in total. The van der Waals surface area contributed by atoms with E-state index in [4.69, 9.17) is 4.74 Å². The minimum absolute atomic E-state index is 0.0939. The average molecular weight is 194 g/mol. The lowest BCUT2D eigenvalue weighted by Crippen LogP contribution is -2.12. The molecule has 1 heterocycles. The van der Waals surface area contributed by atoms with Gasteiger partial charge in [0.25, 0.3) is 0 Å². The molecule has 14 heavy (non-hydrogen) atoms. The molecule has 1 atom stereocenters. The molecule has 0 aromatic carbocycles. The molecule has 78 valence electrons. The van der Waals surface area contributed by atoms with Crippen LogP contribution in [0.4, 0.5) is 0 Å². The number of unbranched alkanes of at least 4 members (excludes halogenated alkanes) is 3. The van der Waals surface area contributed by atoms with Crippen molar-refractivity contribution >= 4 is 5.97 Å². The summed E-state index contributed by atoms with van der Waals surface area (Å²) in [5.74, 6) is 0.309. The Labute approximate surface area is 85.6 Å². The van der Waals surface area contributed by atoms with Gasteiger partial charge in [0.05, 0.1) is 12.7 Å². The number of carbonyl (C=O) groups excluding carboxylic acids is 1. The lowest BCUT2D eigenvalue weighted by Gasteiger charge is -2.14. The van der Waals surface area contributed by atoms with Crippen LogP contribution in [-0.4, -0.2) is 5.97 Å². The summed E-state index contributed by atoms with van der Waals surface area (Å²) in [5, 5.41) is 0. The quantitative estimate of drug-likeness (QED) is 0.369. The maximum atomic E-state index is 10.9. The number of ether oxygens (including phenoxy) is 1. The maximum Gasteiger partial charge on any atom is 0.311 e. The lowest BCUT2D eigenvalue weighted by molar-refractivity contribution is -0.139. The topological polar surface area (TPSA) is 26.3 Å². The van der Waals surface area contributed by atoms with Crippen molar-refractivity contribution in [2.45, 2.75) is 38.5 Å². The summed E-state index contributed by atoms with van der Waals surface area (Å²) in [6.45, 7) is 3.69. The fourth-order valence-electron chi connectivity index (χ4n) is 1.63. The highest BCUT2D eigenvalue weighted by Gasteiger charge is 2.15. The van der Waals surface area contributed by atoms with Gasteiger partial charge in [-0.25, -0.2) is 0 Å². The van der Waals surface area contributed by atoms with Crippen molar-refractivity contribution in [2.24, 2.45) is 5.92 Å². The summed E-state index contributed by atoms with van der Waals surface area (Å²) in [4.78, 5) is 10.9. The normalized spacial score (nSPS) is 20.6. The third-order valence-corrected chi connectivity index (χ3v) is 2.46. The summed E-state index contributed by atoms with van der Waals surface area (Å²) in [5.41, 5.74) is 0. The molecule has 1 rings (SSSR count). The Morgan fingerprint density at radius 3 is 3.07 bits per heavy atom. The molecular weight excluding hydrogens is 176 g/mol. The van der Waals surface area contributed by atoms with Crippen LogP contribution in [0.2, 0.25) is 0 Å². The molecule has 0 aromatic heterocycles. The van der Waals surface area contributed by atoms with Crippen LogP contribution in [0.5, 0.6) is 0 Å². The van der Waals surface area contributed by atoms with E-state index in [1.807, 2.05) is 12.2 Å². The molecule has 0 unspecified atom stereocenters. The fraction of sp³-hybridized carbons (Fsp3) is 0.583. The molecule has 0 saturated heterocycles. The summed E-state index contributed by atoms with van der Waals surface area (Å²) < 4.78 is 4.72. The average Bonchev–Trinajstić information content (AvgIpc) is 2.18. The first kappa shape index (κ1) is 11.0. The van der Waals surface area contributed by atoms with Crippen molar-refractivity contribution in [1.82, 2.24) is 0 Å². The van der Waals surface area contributed by atoms with Gasteiger partial charge in [0.1, 0.15) is 0 Å². The number of allylic oxidation sites excluding steroid dienone is 2. The Balaban J connectivity index is 2.06. The van der Waals surface area contributed by atoms with Gasteiger partial charge in [-0.05, 0) is 31.3 Å². The first-order valence-electron chi connectivity index (χ1n) is 5.30. The van der Waals surface area contributed by atoms with Crippen molar-refractivity contribution in [3.63, 3.8) is 0 Å². The Bertz CT molecular complexity index is 218. The van der Waals surface area contributed by atoms with Gasteiger partial charge in [0, 0.05) is 0 Å². The Morgan fingerprint density at radius 1 is 1.50 bits per heavy atom. The minimum Gasteiger partial charge on any atom is -0.435 e. The second-order valence-corrected chi connectivity index (χ2v) is 3.71.